The zero-order valence-corrected chi connectivity index (χ0v) is 16.3. The number of fused-ring (bicyclic) bond motifs is 1. The van der Waals surface area contributed by atoms with E-state index in [0.29, 0.717) is 22.2 Å². The molecule has 3 heterocycles. The molecule has 11 heteroatoms. The van der Waals surface area contributed by atoms with E-state index in [1.54, 1.807) is 6.92 Å². The molecule has 1 amide bonds. The van der Waals surface area contributed by atoms with E-state index in [9.17, 15) is 17.6 Å². The highest BCUT2D eigenvalue weighted by atomic mass is 32.2. The molecule has 2 aromatic heterocycles. The van der Waals surface area contributed by atoms with E-state index >= 15 is 0 Å². The van der Waals surface area contributed by atoms with Crippen LogP contribution in [0.15, 0.2) is 39.8 Å². The number of hydrogen-bond acceptors (Lipinski definition) is 7. The van der Waals surface area contributed by atoms with Gasteiger partial charge < -0.3 is 4.52 Å². The fourth-order valence-electron chi connectivity index (χ4n) is 2.86. The number of aromatic nitrogens is 2. The SMILES string of the molecule is Cc1cc(C(=O)Nc2nc3c(s2)CN(S(=O)(=O)c2ccccc2F)CC3)no1. The standard InChI is InChI=1S/C17H15FN4O4S2/c1-10-8-13(21-26-10)16(23)20-17-19-12-6-7-22(9-14(12)27-17)28(24,25)15-5-3-2-4-11(15)18/h2-5,8H,6-7,9H2,1H3,(H,19,20,23). The van der Waals surface area contributed by atoms with Gasteiger partial charge in [-0.2, -0.15) is 4.31 Å². The van der Waals surface area contributed by atoms with Crippen LogP contribution in [0.4, 0.5) is 9.52 Å². The molecular formula is C17H15FN4O4S2. The van der Waals surface area contributed by atoms with Crippen LogP contribution in [0.2, 0.25) is 0 Å². The third-order valence-electron chi connectivity index (χ3n) is 4.23. The summed E-state index contributed by atoms with van der Waals surface area (Å²) in [7, 11) is -3.96. The van der Waals surface area contributed by atoms with Crippen LogP contribution < -0.4 is 5.32 Å². The number of amides is 1. The van der Waals surface area contributed by atoms with Crippen molar-refractivity contribution in [1.82, 2.24) is 14.4 Å². The van der Waals surface area contributed by atoms with Crippen LogP contribution >= 0.6 is 11.3 Å². The summed E-state index contributed by atoms with van der Waals surface area (Å²) in [6.07, 6.45) is 0.373. The molecule has 0 saturated heterocycles. The zero-order valence-electron chi connectivity index (χ0n) is 14.7. The monoisotopic (exact) mass is 422 g/mol. The number of nitrogens with zero attached hydrogens (tertiary/aromatic N) is 3. The van der Waals surface area contributed by atoms with Crippen molar-refractivity contribution in [3.8, 4) is 0 Å². The normalized spacial score (nSPS) is 14.6. The lowest BCUT2D eigenvalue weighted by molar-refractivity contribution is 0.101. The predicted octanol–water partition coefficient (Wildman–Crippen LogP) is 2.58. The molecule has 3 aromatic rings. The van der Waals surface area contributed by atoms with Crippen molar-refractivity contribution < 1.29 is 22.1 Å². The van der Waals surface area contributed by atoms with Crippen molar-refractivity contribution in [1.29, 1.82) is 0 Å². The number of hydrogen-bond donors (Lipinski definition) is 1. The Morgan fingerprint density at radius 3 is 2.86 bits per heavy atom. The van der Waals surface area contributed by atoms with Gasteiger partial charge in [0.05, 0.1) is 12.2 Å². The summed E-state index contributed by atoms with van der Waals surface area (Å²) >= 11 is 1.18. The Hall–Kier alpha value is -2.63. The van der Waals surface area contributed by atoms with Crippen LogP contribution in [0, 0.1) is 12.7 Å². The van der Waals surface area contributed by atoms with Gasteiger partial charge >= 0.3 is 0 Å². The van der Waals surface area contributed by atoms with Crippen LogP contribution in [-0.4, -0.2) is 35.3 Å². The minimum Gasteiger partial charge on any atom is -0.361 e. The Morgan fingerprint density at radius 1 is 1.36 bits per heavy atom. The molecule has 0 unspecified atom stereocenters. The lowest BCUT2D eigenvalue weighted by Gasteiger charge is -2.25. The van der Waals surface area contributed by atoms with E-state index in [1.165, 1.54) is 39.9 Å². The first-order valence-corrected chi connectivity index (χ1v) is 10.6. The molecule has 1 aliphatic rings. The highest BCUT2D eigenvalue weighted by molar-refractivity contribution is 7.89. The van der Waals surface area contributed by atoms with Crippen molar-refractivity contribution in [2.75, 3.05) is 11.9 Å². The van der Waals surface area contributed by atoms with Gasteiger partial charge in [0, 0.05) is 23.9 Å². The zero-order chi connectivity index (χ0) is 19.9. The van der Waals surface area contributed by atoms with E-state index in [1.807, 2.05) is 0 Å². The molecule has 0 spiro atoms. The summed E-state index contributed by atoms with van der Waals surface area (Å²) in [5.74, 6) is -0.732. The highest BCUT2D eigenvalue weighted by Gasteiger charge is 2.32. The minimum atomic E-state index is -3.96. The Kier molecular flexibility index (Phi) is 4.73. The van der Waals surface area contributed by atoms with Gasteiger partial charge in [0.1, 0.15) is 16.5 Å². The first-order valence-electron chi connectivity index (χ1n) is 8.32. The third-order valence-corrected chi connectivity index (χ3v) is 7.11. The number of rotatable bonds is 4. The fourth-order valence-corrected chi connectivity index (χ4v) is 5.43. The van der Waals surface area contributed by atoms with E-state index in [4.69, 9.17) is 4.52 Å². The maximum atomic E-state index is 14.0. The molecule has 4 rings (SSSR count). The van der Waals surface area contributed by atoms with Gasteiger partial charge in [-0.15, -0.1) is 11.3 Å². The molecule has 0 fully saturated rings. The van der Waals surface area contributed by atoms with Crippen molar-refractivity contribution in [3.05, 3.63) is 58.2 Å². The second kappa shape index (κ2) is 7.08. The summed E-state index contributed by atoms with van der Waals surface area (Å²) < 4.78 is 45.6. The molecule has 0 bridgehead atoms. The largest absolute Gasteiger partial charge is 0.361 e. The molecule has 28 heavy (non-hydrogen) atoms. The third kappa shape index (κ3) is 3.43. The number of carbonyl (C=O) groups is 1. The number of carbonyl (C=O) groups excluding carboxylic acids is 1. The fraction of sp³-hybridized carbons (Fsp3) is 0.235. The molecule has 0 aliphatic carbocycles. The first kappa shape index (κ1) is 18.7. The minimum absolute atomic E-state index is 0.0720. The smallest absolute Gasteiger partial charge is 0.279 e. The maximum Gasteiger partial charge on any atom is 0.279 e. The maximum absolute atomic E-state index is 14.0. The number of anilines is 1. The molecule has 1 aromatic carbocycles. The van der Waals surface area contributed by atoms with Gasteiger partial charge in [0.15, 0.2) is 10.8 Å². The van der Waals surface area contributed by atoms with Crippen LogP contribution in [0.5, 0.6) is 0 Å². The number of sulfonamides is 1. The van der Waals surface area contributed by atoms with Gasteiger partial charge in [-0.25, -0.2) is 17.8 Å². The Morgan fingerprint density at radius 2 is 2.14 bits per heavy atom. The van der Waals surface area contributed by atoms with Crippen LogP contribution in [0.3, 0.4) is 0 Å². The molecule has 146 valence electrons. The molecule has 1 aliphatic heterocycles. The summed E-state index contributed by atoms with van der Waals surface area (Å²) in [6.45, 7) is 1.93. The van der Waals surface area contributed by atoms with Gasteiger partial charge in [0.2, 0.25) is 10.0 Å². The number of halogens is 1. The van der Waals surface area contributed by atoms with E-state index in [-0.39, 0.29) is 23.7 Å². The molecule has 0 atom stereocenters. The van der Waals surface area contributed by atoms with Gasteiger partial charge in [-0.05, 0) is 19.1 Å². The molecular weight excluding hydrogens is 407 g/mol. The second-order valence-electron chi connectivity index (χ2n) is 6.18. The molecule has 0 saturated carbocycles. The van der Waals surface area contributed by atoms with Crippen LogP contribution in [0.1, 0.15) is 26.8 Å². The first-order chi connectivity index (χ1) is 13.3. The Bertz CT molecular complexity index is 1160. The molecule has 1 N–H and O–H groups in total. The molecule has 8 nitrogen and oxygen atoms in total. The predicted molar refractivity (Wildman–Crippen MR) is 99.0 cm³/mol. The number of thiazole rings is 1. The Balaban J connectivity index is 1.53. The van der Waals surface area contributed by atoms with E-state index in [2.05, 4.69) is 15.5 Å². The van der Waals surface area contributed by atoms with E-state index < -0.39 is 21.7 Å². The average Bonchev–Trinajstić information content (AvgIpc) is 3.26. The van der Waals surface area contributed by atoms with Gasteiger partial charge in [-0.1, -0.05) is 17.3 Å². The highest BCUT2D eigenvalue weighted by Crippen LogP contribution is 2.31. The average molecular weight is 422 g/mol. The van der Waals surface area contributed by atoms with Crippen molar-refractivity contribution in [3.63, 3.8) is 0 Å². The van der Waals surface area contributed by atoms with Crippen molar-refractivity contribution >= 4 is 32.4 Å². The lowest BCUT2D eigenvalue weighted by Crippen LogP contribution is -2.35. The van der Waals surface area contributed by atoms with Crippen molar-refractivity contribution in [2.45, 2.75) is 24.8 Å². The number of benzene rings is 1. The topological polar surface area (TPSA) is 105 Å². The summed E-state index contributed by atoms with van der Waals surface area (Å²) in [6, 6.07) is 6.80. The van der Waals surface area contributed by atoms with Crippen LogP contribution in [-0.2, 0) is 23.0 Å². The van der Waals surface area contributed by atoms with Crippen molar-refractivity contribution in [2.24, 2.45) is 0 Å². The summed E-state index contributed by atoms with van der Waals surface area (Å²) in [5.41, 5.74) is 0.853. The van der Waals surface area contributed by atoms with Crippen LogP contribution in [0.25, 0.3) is 0 Å². The quantitative estimate of drug-likeness (QED) is 0.693. The number of aryl methyl sites for hydroxylation is 1. The molecule has 0 radical (unpaired) electrons. The lowest BCUT2D eigenvalue weighted by atomic mass is 10.2. The summed E-state index contributed by atoms with van der Waals surface area (Å²) in [5, 5.41) is 6.64. The van der Waals surface area contributed by atoms with E-state index in [0.717, 1.165) is 11.8 Å². The summed E-state index contributed by atoms with van der Waals surface area (Å²) in [4.78, 5) is 16.9. The second-order valence-corrected chi connectivity index (χ2v) is 9.17. The van der Waals surface area contributed by atoms with Gasteiger partial charge in [0.25, 0.3) is 5.91 Å². The Labute approximate surface area is 164 Å². The number of nitrogens with one attached hydrogen (secondary N) is 1. The van der Waals surface area contributed by atoms with Gasteiger partial charge in [-0.3, -0.25) is 10.1 Å².